The van der Waals surface area contributed by atoms with Crippen molar-refractivity contribution in [3.8, 4) is 0 Å². The molecule has 0 spiro atoms. The highest BCUT2D eigenvalue weighted by molar-refractivity contribution is 4.68. The molecule has 3 heterocycles. The summed E-state index contributed by atoms with van der Waals surface area (Å²) in [6.45, 7) is 7.99. The van der Waals surface area contributed by atoms with Crippen LogP contribution in [0.1, 0.15) is 25.7 Å². The highest BCUT2D eigenvalue weighted by Crippen LogP contribution is 2.10. The van der Waals surface area contributed by atoms with Gasteiger partial charge in [-0.3, -0.25) is 0 Å². The van der Waals surface area contributed by atoms with Crippen molar-refractivity contribution in [1.29, 1.82) is 0 Å². The quantitative estimate of drug-likeness (QED) is 0.0971. The summed E-state index contributed by atoms with van der Waals surface area (Å²) >= 11 is 0. The Kier molecular flexibility index (Phi) is 14.8. The molecule has 0 bridgehead atoms. The molecule has 4 atom stereocenters. The zero-order valence-electron chi connectivity index (χ0n) is 18.3. The maximum Gasteiger partial charge on any atom is 0.104 e. The Morgan fingerprint density at radius 2 is 1.16 bits per heavy atom. The van der Waals surface area contributed by atoms with Crippen molar-refractivity contribution in [3.63, 3.8) is 0 Å². The van der Waals surface area contributed by atoms with Crippen molar-refractivity contribution in [3.05, 3.63) is 10.4 Å². The molecule has 0 aliphatic carbocycles. The third-order valence-corrected chi connectivity index (χ3v) is 4.44. The summed E-state index contributed by atoms with van der Waals surface area (Å²) in [6, 6.07) is 0. The molecule has 11 heteroatoms. The van der Waals surface area contributed by atoms with Crippen LogP contribution in [0.4, 0.5) is 0 Å². The fourth-order valence-electron chi connectivity index (χ4n) is 2.36. The molecule has 0 amide bonds. The van der Waals surface area contributed by atoms with Crippen molar-refractivity contribution in [2.24, 2.45) is 5.11 Å². The van der Waals surface area contributed by atoms with Crippen LogP contribution in [0.3, 0.4) is 0 Å². The first-order valence-corrected chi connectivity index (χ1v) is 11.1. The van der Waals surface area contributed by atoms with Crippen LogP contribution in [0.15, 0.2) is 5.11 Å². The second-order valence-electron chi connectivity index (χ2n) is 7.65. The molecule has 0 saturated carbocycles. The van der Waals surface area contributed by atoms with E-state index in [2.05, 4.69) is 10.0 Å². The fraction of sp³-hybridized carbons (Fsp3) is 1.00. The summed E-state index contributed by atoms with van der Waals surface area (Å²) < 4.78 is 36.4. The monoisotopic (exact) mass is 447 g/mol. The van der Waals surface area contributed by atoms with E-state index in [0.29, 0.717) is 38.1 Å². The minimum Gasteiger partial charge on any atom is -0.391 e. The summed E-state index contributed by atoms with van der Waals surface area (Å²) in [5.74, 6) is 0. The lowest BCUT2D eigenvalue weighted by atomic mass is 10.3. The molecule has 4 unspecified atom stereocenters. The summed E-state index contributed by atoms with van der Waals surface area (Å²) in [7, 11) is 0. The van der Waals surface area contributed by atoms with Gasteiger partial charge in [0.2, 0.25) is 0 Å². The van der Waals surface area contributed by atoms with Gasteiger partial charge >= 0.3 is 0 Å². The van der Waals surface area contributed by atoms with Gasteiger partial charge in [-0.25, -0.2) is 0 Å². The average molecular weight is 448 g/mol. The number of epoxide rings is 3. The van der Waals surface area contributed by atoms with E-state index in [1.54, 1.807) is 0 Å². The molecule has 180 valence electrons. The Balaban J connectivity index is 0.000000224. The summed E-state index contributed by atoms with van der Waals surface area (Å²) in [6.07, 6.45) is 4.34. The lowest BCUT2D eigenvalue weighted by Crippen LogP contribution is -2.18. The van der Waals surface area contributed by atoms with Crippen molar-refractivity contribution < 1.29 is 38.3 Å². The summed E-state index contributed by atoms with van der Waals surface area (Å²) in [4.78, 5) is 2.56. The standard InChI is InChI=1S/C10H19N3O4.C10H18O4/c11-13-12-5-9(14)6-15-3-1-2-4-16-7-10-8-17-10;1(3-11-5-9-7-13-9)2-4-12-6-10-8-14-10/h9-10,14H,1-8H2;9-10H,1-8H2. The van der Waals surface area contributed by atoms with Crippen LogP contribution in [-0.2, 0) is 33.2 Å². The lowest BCUT2D eigenvalue weighted by Gasteiger charge is -2.08. The smallest absolute Gasteiger partial charge is 0.104 e. The number of ether oxygens (including phenoxy) is 7. The minimum atomic E-state index is -0.714. The van der Waals surface area contributed by atoms with E-state index in [0.717, 1.165) is 71.9 Å². The van der Waals surface area contributed by atoms with Crippen molar-refractivity contribution in [2.45, 2.75) is 50.1 Å². The topological polar surface area (TPSA) is 144 Å². The average Bonchev–Trinajstić information content (AvgIpc) is 3.63. The van der Waals surface area contributed by atoms with Crippen molar-refractivity contribution >= 4 is 0 Å². The van der Waals surface area contributed by atoms with Gasteiger partial charge < -0.3 is 38.3 Å². The van der Waals surface area contributed by atoms with E-state index in [4.69, 9.17) is 38.7 Å². The van der Waals surface area contributed by atoms with Gasteiger partial charge in [0.1, 0.15) is 18.3 Å². The van der Waals surface area contributed by atoms with Gasteiger partial charge in [-0.05, 0) is 31.2 Å². The summed E-state index contributed by atoms with van der Waals surface area (Å²) in [5.41, 5.74) is 8.03. The molecule has 31 heavy (non-hydrogen) atoms. The zero-order chi connectivity index (χ0) is 22.0. The largest absolute Gasteiger partial charge is 0.391 e. The molecular weight excluding hydrogens is 410 g/mol. The van der Waals surface area contributed by atoms with Gasteiger partial charge in [-0.1, -0.05) is 5.11 Å². The van der Waals surface area contributed by atoms with Crippen LogP contribution in [0.5, 0.6) is 0 Å². The lowest BCUT2D eigenvalue weighted by molar-refractivity contribution is 0.0359. The second kappa shape index (κ2) is 17.5. The molecule has 0 aromatic carbocycles. The van der Waals surface area contributed by atoms with E-state index >= 15 is 0 Å². The third kappa shape index (κ3) is 18.3. The maximum atomic E-state index is 9.26. The summed E-state index contributed by atoms with van der Waals surface area (Å²) in [5, 5.41) is 12.5. The van der Waals surface area contributed by atoms with Crippen LogP contribution < -0.4 is 0 Å². The molecule has 3 aliphatic heterocycles. The predicted octanol–water partition coefficient (Wildman–Crippen LogP) is 1.47. The molecule has 0 radical (unpaired) electrons. The van der Waals surface area contributed by atoms with Gasteiger partial charge in [0.05, 0.1) is 58.9 Å². The SMILES string of the molecule is C(CCOCC1CO1)COCC1CO1.[N-]=[N+]=NCC(O)COCCCCOCC1CO1. The second-order valence-corrected chi connectivity index (χ2v) is 7.65. The van der Waals surface area contributed by atoms with E-state index in [1.165, 1.54) is 0 Å². The van der Waals surface area contributed by atoms with Gasteiger partial charge in [0.15, 0.2) is 0 Å². The Hall–Kier alpha value is -1.01. The Morgan fingerprint density at radius 3 is 1.52 bits per heavy atom. The number of nitrogens with zero attached hydrogens (tertiary/aromatic N) is 3. The van der Waals surface area contributed by atoms with E-state index in [9.17, 15) is 5.11 Å². The van der Waals surface area contributed by atoms with Gasteiger partial charge in [0.25, 0.3) is 0 Å². The van der Waals surface area contributed by atoms with Gasteiger partial charge in [-0.2, -0.15) is 0 Å². The zero-order valence-corrected chi connectivity index (χ0v) is 18.3. The first kappa shape index (κ1) is 26.2. The first-order chi connectivity index (χ1) is 15.3. The van der Waals surface area contributed by atoms with Gasteiger partial charge in [-0.15, -0.1) is 0 Å². The number of unbranched alkanes of at least 4 members (excludes halogenated alkanes) is 2. The molecule has 3 saturated heterocycles. The highest BCUT2D eigenvalue weighted by atomic mass is 16.6. The first-order valence-electron chi connectivity index (χ1n) is 11.1. The minimum absolute atomic E-state index is 0.0565. The van der Waals surface area contributed by atoms with Crippen LogP contribution in [0, 0.1) is 0 Å². The number of hydrogen-bond donors (Lipinski definition) is 1. The van der Waals surface area contributed by atoms with Gasteiger partial charge in [0, 0.05) is 31.3 Å². The normalized spacial score (nSPS) is 24.0. The van der Waals surface area contributed by atoms with E-state index in [1.807, 2.05) is 0 Å². The molecule has 0 aromatic heterocycles. The van der Waals surface area contributed by atoms with E-state index < -0.39 is 6.10 Å². The third-order valence-electron chi connectivity index (χ3n) is 4.44. The molecule has 3 rings (SSSR count). The fourth-order valence-corrected chi connectivity index (χ4v) is 2.36. The predicted molar refractivity (Wildman–Crippen MR) is 111 cm³/mol. The van der Waals surface area contributed by atoms with E-state index in [-0.39, 0.29) is 13.2 Å². The number of azide groups is 1. The van der Waals surface area contributed by atoms with Crippen LogP contribution in [-0.4, -0.2) is 109 Å². The molecule has 3 aliphatic rings. The number of aliphatic hydroxyl groups excluding tert-OH is 1. The molecule has 11 nitrogen and oxygen atoms in total. The van der Waals surface area contributed by atoms with Crippen LogP contribution in [0.2, 0.25) is 0 Å². The number of hydrogen-bond acceptors (Lipinski definition) is 9. The molecule has 0 aromatic rings. The Morgan fingerprint density at radius 1 is 0.774 bits per heavy atom. The number of rotatable bonds is 20. The maximum absolute atomic E-state index is 9.26. The Labute approximate surface area is 183 Å². The van der Waals surface area contributed by atoms with Crippen molar-refractivity contribution in [2.75, 3.05) is 79.2 Å². The molecular formula is C20H37N3O8. The van der Waals surface area contributed by atoms with Crippen molar-refractivity contribution in [1.82, 2.24) is 0 Å². The highest BCUT2D eigenvalue weighted by Gasteiger charge is 2.23. The van der Waals surface area contributed by atoms with Crippen LogP contribution in [0.25, 0.3) is 10.4 Å². The van der Waals surface area contributed by atoms with Crippen LogP contribution >= 0.6 is 0 Å². The number of aliphatic hydroxyl groups is 1. The molecule has 3 fully saturated rings. The molecule has 1 N–H and O–H groups in total. The Bertz CT molecular complexity index is 465.